The predicted molar refractivity (Wildman–Crippen MR) is 29.0 cm³/mol. The van der Waals surface area contributed by atoms with Gasteiger partial charge in [0.2, 0.25) is 0 Å². The molecule has 0 nitrogen and oxygen atoms in total. The summed E-state index contributed by atoms with van der Waals surface area (Å²) in [6.45, 7) is 0. The van der Waals surface area contributed by atoms with Crippen LogP contribution in [-0.4, -0.2) is 23.9 Å². The topological polar surface area (TPSA) is 0 Å². The molecular weight excluding hydrogens is 262 g/mol. The third-order valence-electron chi connectivity index (χ3n) is 1.88. The first-order valence-electron chi connectivity index (χ1n) is 3.39. The van der Waals surface area contributed by atoms with Crippen LogP contribution in [0, 0.1) is 0 Å². The zero-order valence-electron chi connectivity index (χ0n) is 6.78. The van der Waals surface area contributed by atoms with E-state index in [0.717, 1.165) is 0 Å². The molecule has 0 saturated heterocycles. The van der Waals surface area contributed by atoms with Crippen LogP contribution in [0.1, 0.15) is 0 Å². The molecule has 1 aliphatic rings. The highest BCUT2D eigenvalue weighted by Crippen LogP contribution is 2.62. The van der Waals surface area contributed by atoms with Crippen molar-refractivity contribution in [2.75, 3.05) is 0 Å². The summed E-state index contributed by atoms with van der Waals surface area (Å²) in [5.41, 5.74) is -3.84. The Kier molecular flexibility index (Phi) is 2.32. The van der Waals surface area contributed by atoms with Gasteiger partial charge in [0.25, 0.3) is 0 Å². The largest absolute Gasteiger partial charge is 0.421 e. The fourth-order valence-corrected chi connectivity index (χ4v) is 1.09. The van der Waals surface area contributed by atoms with Crippen molar-refractivity contribution >= 4 is 0 Å². The molecule has 0 unspecified atom stereocenters. The lowest BCUT2D eigenvalue weighted by Crippen LogP contribution is -2.50. The lowest BCUT2D eigenvalue weighted by Gasteiger charge is -2.24. The van der Waals surface area contributed by atoms with Crippen LogP contribution >= 0.6 is 0 Å². The molecular formula is C6F10. The minimum Gasteiger partial charge on any atom is -0.204 e. The number of allylic oxidation sites excluding steroid dienone is 2. The van der Waals surface area contributed by atoms with Crippen molar-refractivity contribution in [1.29, 1.82) is 0 Å². The maximum Gasteiger partial charge on any atom is 0.421 e. The van der Waals surface area contributed by atoms with Crippen LogP contribution in [-0.2, 0) is 0 Å². The summed E-state index contributed by atoms with van der Waals surface area (Å²) < 4.78 is 121. The first kappa shape index (κ1) is 13.1. The van der Waals surface area contributed by atoms with Crippen LogP contribution in [0.4, 0.5) is 43.9 Å². The van der Waals surface area contributed by atoms with Crippen LogP contribution in [0.3, 0.4) is 0 Å². The molecule has 0 bridgehead atoms. The summed E-state index contributed by atoms with van der Waals surface area (Å²) in [6, 6.07) is 0. The SMILES string of the molecule is FC1=C(C(F)(F)F)C(F)(F)C(F)(F)C1(F)F. The van der Waals surface area contributed by atoms with Crippen molar-refractivity contribution in [3.8, 4) is 0 Å². The van der Waals surface area contributed by atoms with Gasteiger partial charge in [-0.05, 0) is 0 Å². The third-order valence-corrected chi connectivity index (χ3v) is 1.88. The molecule has 0 fully saturated rings. The predicted octanol–water partition coefficient (Wildman–Crippen LogP) is 3.69. The fraction of sp³-hybridized carbons (Fsp3) is 0.667. The van der Waals surface area contributed by atoms with Gasteiger partial charge >= 0.3 is 23.9 Å². The van der Waals surface area contributed by atoms with Gasteiger partial charge < -0.3 is 0 Å². The molecule has 0 N–H and O–H groups in total. The molecule has 1 rings (SSSR count). The molecule has 0 aromatic heterocycles. The first-order valence-corrected chi connectivity index (χ1v) is 3.39. The second kappa shape index (κ2) is 2.83. The second-order valence-corrected chi connectivity index (χ2v) is 2.91. The fourth-order valence-electron chi connectivity index (χ4n) is 1.09. The normalized spacial score (nSPS) is 27.4. The summed E-state index contributed by atoms with van der Waals surface area (Å²) in [5, 5.41) is 0. The van der Waals surface area contributed by atoms with Gasteiger partial charge in [-0.1, -0.05) is 0 Å². The smallest absolute Gasteiger partial charge is 0.204 e. The maximum absolute atomic E-state index is 12.4. The van der Waals surface area contributed by atoms with Crippen molar-refractivity contribution in [2.24, 2.45) is 0 Å². The van der Waals surface area contributed by atoms with Gasteiger partial charge in [-0.2, -0.15) is 39.5 Å². The molecule has 0 heterocycles. The summed E-state index contributed by atoms with van der Waals surface area (Å²) in [4.78, 5) is 0. The molecule has 16 heavy (non-hydrogen) atoms. The van der Waals surface area contributed by atoms with E-state index in [1.807, 2.05) is 0 Å². The van der Waals surface area contributed by atoms with E-state index in [0.29, 0.717) is 0 Å². The van der Waals surface area contributed by atoms with E-state index in [9.17, 15) is 43.9 Å². The van der Waals surface area contributed by atoms with E-state index >= 15 is 0 Å². The summed E-state index contributed by atoms with van der Waals surface area (Å²) in [6.07, 6.45) is -6.31. The molecule has 0 aromatic rings. The van der Waals surface area contributed by atoms with Crippen LogP contribution in [0.25, 0.3) is 0 Å². The lowest BCUT2D eigenvalue weighted by atomic mass is 10.1. The quantitative estimate of drug-likeness (QED) is 0.584. The molecule has 0 aliphatic heterocycles. The van der Waals surface area contributed by atoms with Gasteiger partial charge in [-0.3, -0.25) is 0 Å². The number of halogens is 10. The van der Waals surface area contributed by atoms with E-state index in [-0.39, 0.29) is 0 Å². The van der Waals surface area contributed by atoms with Crippen molar-refractivity contribution in [2.45, 2.75) is 23.9 Å². The van der Waals surface area contributed by atoms with Crippen molar-refractivity contribution < 1.29 is 43.9 Å². The van der Waals surface area contributed by atoms with E-state index in [2.05, 4.69) is 0 Å². The van der Waals surface area contributed by atoms with Crippen LogP contribution in [0.15, 0.2) is 11.4 Å². The highest BCUT2D eigenvalue weighted by atomic mass is 19.4. The Labute approximate surface area is 80.5 Å². The molecule has 0 atom stereocenters. The lowest BCUT2D eigenvalue weighted by molar-refractivity contribution is -0.276. The van der Waals surface area contributed by atoms with Crippen LogP contribution in [0.2, 0.25) is 0 Å². The molecule has 0 aromatic carbocycles. The average Bonchev–Trinajstić information content (AvgIpc) is 2.06. The Morgan fingerprint density at radius 2 is 1.12 bits per heavy atom. The van der Waals surface area contributed by atoms with Gasteiger partial charge in [-0.15, -0.1) is 0 Å². The Bertz CT molecular complexity index is 345. The standard InChI is InChI=1S/C6F10/c7-2-1(5(12,13)14)3(8,9)6(15,16)4(2,10)11. The van der Waals surface area contributed by atoms with Crippen LogP contribution in [0.5, 0.6) is 0 Å². The summed E-state index contributed by atoms with van der Waals surface area (Å²) in [5.74, 6) is -22.8. The third kappa shape index (κ3) is 1.24. The summed E-state index contributed by atoms with van der Waals surface area (Å²) in [7, 11) is 0. The monoisotopic (exact) mass is 262 g/mol. The van der Waals surface area contributed by atoms with Crippen molar-refractivity contribution in [3.05, 3.63) is 11.4 Å². The zero-order chi connectivity index (χ0) is 13.2. The van der Waals surface area contributed by atoms with Crippen molar-refractivity contribution in [3.63, 3.8) is 0 Å². The number of hydrogen-bond donors (Lipinski definition) is 0. The van der Waals surface area contributed by atoms with E-state index in [1.165, 1.54) is 0 Å². The Morgan fingerprint density at radius 3 is 1.25 bits per heavy atom. The molecule has 0 radical (unpaired) electrons. The molecule has 0 amide bonds. The van der Waals surface area contributed by atoms with Gasteiger partial charge in [0.1, 0.15) is 5.57 Å². The second-order valence-electron chi connectivity index (χ2n) is 2.91. The Hall–Kier alpha value is -0.960. The zero-order valence-corrected chi connectivity index (χ0v) is 6.78. The number of alkyl halides is 9. The highest BCUT2D eigenvalue weighted by Gasteiger charge is 2.84. The number of hydrogen-bond acceptors (Lipinski definition) is 0. The highest BCUT2D eigenvalue weighted by molar-refractivity contribution is 5.39. The van der Waals surface area contributed by atoms with Gasteiger partial charge in [0, 0.05) is 0 Å². The van der Waals surface area contributed by atoms with Gasteiger partial charge in [-0.25, -0.2) is 4.39 Å². The first-order chi connectivity index (χ1) is 6.78. The minimum absolute atomic E-state index is 3.84. The average molecular weight is 262 g/mol. The molecule has 1 aliphatic carbocycles. The van der Waals surface area contributed by atoms with E-state index in [4.69, 9.17) is 0 Å². The molecule has 94 valence electrons. The number of rotatable bonds is 0. The Balaban J connectivity index is 3.55. The summed E-state index contributed by atoms with van der Waals surface area (Å²) >= 11 is 0. The maximum atomic E-state index is 12.4. The molecule has 10 heteroatoms. The van der Waals surface area contributed by atoms with E-state index in [1.54, 1.807) is 0 Å². The molecule has 0 saturated carbocycles. The van der Waals surface area contributed by atoms with Crippen molar-refractivity contribution in [1.82, 2.24) is 0 Å². The Morgan fingerprint density at radius 1 is 0.750 bits per heavy atom. The van der Waals surface area contributed by atoms with Gasteiger partial charge in [0.15, 0.2) is 5.83 Å². The van der Waals surface area contributed by atoms with Crippen LogP contribution < -0.4 is 0 Å². The molecule has 0 spiro atoms. The van der Waals surface area contributed by atoms with Gasteiger partial charge in [0.05, 0.1) is 0 Å². The van der Waals surface area contributed by atoms with E-state index < -0.39 is 35.3 Å². The minimum atomic E-state index is -6.45.